The molecule has 0 spiro atoms. The molecular weight excluding hydrogens is 328 g/mol. The largest absolute Gasteiger partial charge is 0.384 e. The summed E-state index contributed by atoms with van der Waals surface area (Å²) in [5, 5.41) is 3.02. The molecule has 1 aliphatic heterocycles. The fourth-order valence-electron chi connectivity index (χ4n) is 2.88. The average molecular weight is 355 g/mol. The SMILES string of the molecule is CC(C)CCN1CCC(CNC(=O)c2cc(Cl)c(N)[nH]c2=O)CC1. The number of nitrogen functional groups attached to an aromatic ring is 1. The predicted octanol–water partition coefficient (Wildman–Crippen LogP) is 2.10. The van der Waals surface area contributed by atoms with Crippen molar-refractivity contribution < 1.29 is 4.79 Å². The van der Waals surface area contributed by atoms with Gasteiger partial charge in [0.1, 0.15) is 11.4 Å². The summed E-state index contributed by atoms with van der Waals surface area (Å²) in [6.07, 6.45) is 3.36. The Morgan fingerprint density at radius 3 is 2.75 bits per heavy atom. The van der Waals surface area contributed by atoms with Crippen LogP contribution in [0, 0.1) is 11.8 Å². The third-order valence-electron chi connectivity index (χ3n) is 4.55. The van der Waals surface area contributed by atoms with Gasteiger partial charge in [0.25, 0.3) is 11.5 Å². The van der Waals surface area contributed by atoms with Crippen LogP contribution in [0.5, 0.6) is 0 Å². The summed E-state index contributed by atoms with van der Waals surface area (Å²) >= 11 is 5.87. The van der Waals surface area contributed by atoms with E-state index in [1.54, 1.807) is 0 Å². The first-order valence-electron chi connectivity index (χ1n) is 8.55. The normalized spacial score (nSPS) is 16.5. The lowest BCUT2D eigenvalue weighted by atomic mass is 9.96. The maximum atomic E-state index is 12.2. The third-order valence-corrected chi connectivity index (χ3v) is 4.86. The van der Waals surface area contributed by atoms with Crippen LogP contribution in [0.2, 0.25) is 5.02 Å². The summed E-state index contributed by atoms with van der Waals surface area (Å²) < 4.78 is 0. The summed E-state index contributed by atoms with van der Waals surface area (Å²) in [6.45, 7) is 8.36. The van der Waals surface area contributed by atoms with Crippen molar-refractivity contribution in [3.63, 3.8) is 0 Å². The number of rotatable bonds is 6. The zero-order chi connectivity index (χ0) is 17.7. The first-order chi connectivity index (χ1) is 11.4. The molecule has 7 heteroatoms. The lowest BCUT2D eigenvalue weighted by Gasteiger charge is -2.32. The molecule has 4 N–H and O–H groups in total. The number of nitrogens with one attached hydrogen (secondary N) is 2. The van der Waals surface area contributed by atoms with E-state index in [0.29, 0.717) is 12.5 Å². The lowest BCUT2D eigenvalue weighted by molar-refractivity contribution is 0.0934. The second kappa shape index (κ2) is 8.53. The number of anilines is 1. The van der Waals surface area contributed by atoms with Crippen LogP contribution >= 0.6 is 11.6 Å². The number of carbonyl (C=O) groups excluding carboxylic acids is 1. The molecule has 1 aromatic heterocycles. The van der Waals surface area contributed by atoms with Crippen molar-refractivity contribution in [2.75, 3.05) is 31.9 Å². The highest BCUT2D eigenvalue weighted by Gasteiger charge is 2.20. The quantitative estimate of drug-likeness (QED) is 0.729. The molecule has 1 aromatic rings. The highest BCUT2D eigenvalue weighted by molar-refractivity contribution is 6.33. The van der Waals surface area contributed by atoms with Crippen molar-refractivity contribution >= 4 is 23.3 Å². The number of carbonyl (C=O) groups is 1. The van der Waals surface area contributed by atoms with Gasteiger partial charge in [0.2, 0.25) is 0 Å². The number of nitrogens with zero attached hydrogens (tertiary/aromatic N) is 1. The Balaban J connectivity index is 1.79. The number of piperidine rings is 1. The highest BCUT2D eigenvalue weighted by Crippen LogP contribution is 2.18. The van der Waals surface area contributed by atoms with Gasteiger partial charge in [-0.15, -0.1) is 0 Å². The second-order valence-corrected chi connectivity index (χ2v) is 7.36. The van der Waals surface area contributed by atoms with Gasteiger partial charge in [-0.3, -0.25) is 9.59 Å². The van der Waals surface area contributed by atoms with E-state index in [1.165, 1.54) is 12.5 Å². The fraction of sp³-hybridized carbons (Fsp3) is 0.647. The molecular formula is C17H27ClN4O2. The molecule has 134 valence electrons. The number of hydrogen-bond acceptors (Lipinski definition) is 4. The topological polar surface area (TPSA) is 91.2 Å². The van der Waals surface area contributed by atoms with Gasteiger partial charge in [-0.05, 0) is 56.8 Å². The van der Waals surface area contributed by atoms with Crippen molar-refractivity contribution in [1.82, 2.24) is 15.2 Å². The first kappa shape index (κ1) is 18.8. The smallest absolute Gasteiger partial charge is 0.262 e. The van der Waals surface area contributed by atoms with E-state index in [-0.39, 0.29) is 16.4 Å². The van der Waals surface area contributed by atoms with Crippen LogP contribution in [0.4, 0.5) is 5.82 Å². The van der Waals surface area contributed by atoms with Crippen molar-refractivity contribution in [1.29, 1.82) is 0 Å². The molecule has 1 fully saturated rings. The molecule has 0 atom stereocenters. The van der Waals surface area contributed by atoms with Crippen LogP contribution < -0.4 is 16.6 Å². The molecule has 2 heterocycles. The number of H-pyrrole nitrogens is 1. The van der Waals surface area contributed by atoms with E-state index in [0.717, 1.165) is 38.4 Å². The summed E-state index contributed by atoms with van der Waals surface area (Å²) in [5.74, 6) is 0.854. The monoisotopic (exact) mass is 354 g/mol. The minimum atomic E-state index is -0.516. The number of aromatic nitrogens is 1. The Kier molecular flexibility index (Phi) is 6.69. The Morgan fingerprint density at radius 1 is 1.46 bits per heavy atom. The standard InChI is InChI=1S/C17H27ClN4O2/c1-11(2)3-6-22-7-4-12(5-8-22)10-20-16(23)13-9-14(18)15(19)21-17(13)24/h9,11-12H,3-8,10H2,1-2H3,(H,20,23)(H3,19,21,24). The van der Waals surface area contributed by atoms with Gasteiger partial charge in [0.05, 0.1) is 5.02 Å². The van der Waals surface area contributed by atoms with E-state index in [9.17, 15) is 9.59 Å². The van der Waals surface area contributed by atoms with Gasteiger partial charge < -0.3 is 20.9 Å². The summed E-state index contributed by atoms with van der Waals surface area (Å²) in [5.41, 5.74) is 5.00. The molecule has 0 bridgehead atoms. The van der Waals surface area contributed by atoms with Crippen molar-refractivity contribution in [2.45, 2.75) is 33.1 Å². The van der Waals surface area contributed by atoms with Crippen LogP contribution in [0.3, 0.4) is 0 Å². The predicted molar refractivity (Wildman–Crippen MR) is 97.4 cm³/mol. The molecule has 24 heavy (non-hydrogen) atoms. The maximum absolute atomic E-state index is 12.2. The molecule has 0 radical (unpaired) electrons. The van der Waals surface area contributed by atoms with Crippen LogP contribution in [0.25, 0.3) is 0 Å². The minimum absolute atomic E-state index is 0.00330. The molecule has 0 saturated carbocycles. The number of nitrogens with two attached hydrogens (primary N) is 1. The number of aromatic amines is 1. The maximum Gasteiger partial charge on any atom is 0.262 e. The van der Waals surface area contributed by atoms with E-state index in [4.69, 9.17) is 17.3 Å². The number of halogens is 1. The van der Waals surface area contributed by atoms with Gasteiger partial charge >= 0.3 is 0 Å². The number of amides is 1. The summed E-state index contributed by atoms with van der Waals surface area (Å²) in [6, 6.07) is 1.32. The van der Waals surface area contributed by atoms with Gasteiger partial charge in [0.15, 0.2) is 0 Å². The average Bonchev–Trinajstić information content (AvgIpc) is 2.55. The fourth-order valence-corrected chi connectivity index (χ4v) is 3.03. The van der Waals surface area contributed by atoms with Crippen molar-refractivity contribution in [3.05, 3.63) is 27.0 Å². The molecule has 6 nitrogen and oxygen atoms in total. The second-order valence-electron chi connectivity index (χ2n) is 6.95. The lowest BCUT2D eigenvalue weighted by Crippen LogP contribution is -2.40. The van der Waals surface area contributed by atoms with E-state index in [1.807, 2.05) is 0 Å². The Bertz CT molecular complexity index is 622. The molecule has 1 saturated heterocycles. The Labute approximate surface area is 147 Å². The van der Waals surface area contributed by atoms with Crippen molar-refractivity contribution in [3.8, 4) is 0 Å². The number of hydrogen-bond donors (Lipinski definition) is 3. The van der Waals surface area contributed by atoms with Gasteiger partial charge in [-0.1, -0.05) is 25.4 Å². The van der Waals surface area contributed by atoms with E-state index in [2.05, 4.69) is 29.0 Å². The van der Waals surface area contributed by atoms with Crippen molar-refractivity contribution in [2.24, 2.45) is 11.8 Å². The van der Waals surface area contributed by atoms with Crippen LogP contribution in [-0.4, -0.2) is 42.0 Å². The van der Waals surface area contributed by atoms with Gasteiger partial charge in [-0.25, -0.2) is 0 Å². The summed E-state index contributed by atoms with van der Waals surface area (Å²) in [7, 11) is 0. The Morgan fingerprint density at radius 2 is 2.12 bits per heavy atom. The number of likely N-dealkylation sites (tertiary alicyclic amines) is 1. The summed E-state index contributed by atoms with van der Waals surface area (Å²) in [4.78, 5) is 28.8. The minimum Gasteiger partial charge on any atom is -0.384 e. The van der Waals surface area contributed by atoms with Crippen LogP contribution in [0.15, 0.2) is 10.9 Å². The zero-order valence-electron chi connectivity index (χ0n) is 14.4. The molecule has 0 unspecified atom stereocenters. The highest BCUT2D eigenvalue weighted by atomic mass is 35.5. The first-order valence-corrected chi connectivity index (χ1v) is 8.93. The number of pyridine rings is 1. The molecule has 1 aliphatic rings. The molecule has 2 rings (SSSR count). The Hall–Kier alpha value is -1.53. The van der Waals surface area contributed by atoms with Crippen LogP contribution in [0.1, 0.15) is 43.5 Å². The van der Waals surface area contributed by atoms with Crippen LogP contribution in [-0.2, 0) is 0 Å². The van der Waals surface area contributed by atoms with E-state index < -0.39 is 11.5 Å². The molecule has 0 aliphatic carbocycles. The molecule has 0 aromatic carbocycles. The van der Waals surface area contributed by atoms with Gasteiger partial charge in [-0.2, -0.15) is 0 Å². The van der Waals surface area contributed by atoms with Gasteiger partial charge in [0, 0.05) is 6.54 Å². The van der Waals surface area contributed by atoms with E-state index >= 15 is 0 Å². The zero-order valence-corrected chi connectivity index (χ0v) is 15.2. The third kappa shape index (κ3) is 5.24. The molecule has 1 amide bonds.